The lowest BCUT2D eigenvalue weighted by Gasteiger charge is -2.09. The zero-order valence-corrected chi connectivity index (χ0v) is 19.4. The van der Waals surface area contributed by atoms with Crippen LogP contribution in [-0.4, -0.2) is 39.5 Å². The molecule has 0 aliphatic carbocycles. The number of ether oxygens (including phenoxy) is 2. The second-order valence-electron chi connectivity index (χ2n) is 6.37. The molecule has 0 unspecified atom stereocenters. The number of hydrogen-bond acceptors (Lipinski definition) is 9. The number of thiophene rings is 1. The van der Waals surface area contributed by atoms with E-state index in [0.717, 1.165) is 17.4 Å². The minimum atomic E-state index is -4.16. The minimum absolute atomic E-state index is 0.104. The number of halogens is 1. The fourth-order valence-electron chi connectivity index (χ4n) is 2.69. The van der Waals surface area contributed by atoms with Crippen LogP contribution in [0, 0.1) is 0 Å². The number of benzene rings is 1. The molecule has 174 valence electrons. The lowest BCUT2D eigenvalue weighted by atomic mass is 10.1. The van der Waals surface area contributed by atoms with Crippen molar-refractivity contribution in [2.24, 2.45) is 5.14 Å². The van der Waals surface area contributed by atoms with Crippen molar-refractivity contribution < 1.29 is 36.7 Å². The molecule has 0 aliphatic rings. The van der Waals surface area contributed by atoms with Gasteiger partial charge in [-0.15, -0.1) is 11.3 Å². The van der Waals surface area contributed by atoms with Crippen LogP contribution in [0.2, 0.25) is 5.02 Å². The van der Waals surface area contributed by atoms with Crippen molar-refractivity contribution in [2.45, 2.75) is 11.8 Å². The van der Waals surface area contributed by atoms with Gasteiger partial charge in [0, 0.05) is 10.9 Å². The Morgan fingerprint density at radius 3 is 2.58 bits per heavy atom. The molecule has 33 heavy (non-hydrogen) atoms. The van der Waals surface area contributed by atoms with Gasteiger partial charge in [0.05, 0.1) is 23.5 Å². The zero-order valence-electron chi connectivity index (χ0n) is 17.0. The van der Waals surface area contributed by atoms with Crippen molar-refractivity contribution in [2.75, 3.05) is 18.5 Å². The Labute approximate surface area is 197 Å². The summed E-state index contributed by atoms with van der Waals surface area (Å²) in [6, 6.07) is 6.65. The lowest BCUT2D eigenvalue weighted by molar-refractivity contribution is -0.119. The van der Waals surface area contributed by atoms with Crippen LogP contribution in [0.3, 0.4) is 0 Å². The van der Waals surface area contributed by atoms with E-state index in [9.17, 15) is 22.8 Å². The maximum Gasteiger partial charge on any atom is 0.341 e. The number of hydrogen-bond donors (Lipinski definition) is 2. The van der Waals surface area contributed by atoms with Crippen LogP contribution >= 0.6 is 22.9 Å². The molecule has 3 rings (SSSR count). The number of furan rings is 1. The molecule has 0 aliphatic heterocycles. The first-order valence-electron chi connectivity index (χ1n) is 9.23. The normalized spacial score (nSPS) is 11.1. The van der Waals surface area contributed by atoms with Gasteiger partial charge >= 0.3 is 11.9 Å². The van der Waals surface area contributed by atoms with Gasteiger partial charge < -0.3 is 19.2 Å². The Morgan fingerprint density at radius 1 is 1.18 bits per heavy atom. The van der Waals surface area contributed by atoms with E-state index in [1.807, 2.05) is 0 Å². The van der Waals surface area contributed by atoms with Crippen LogP contribution < -0.4 is 10.5 Å². The minimum Gasteiger partial charge on any atom is -0.464 e. The van der Waals surface area contributed by atoms with Crippen molar-refractivity contribution in [1.29, 1.82) is 0 Å². The number of rotatable bonds is 8. The van der Waals surface area contributed by atoms with Gasteiger partial charge in [0.25, 0.3) is 5.91 Å². The van der Waals surface area contributed by atoms with Crippen molar-refractivity contribution in [3.63, 3.8) is 0 Å². The lowest BCUT2D eigenvalue weighted by Crippen LogP contribution is -2.22. The summed E-state index contributed by atoms with van der Waals surface area (Å²) < 4.78 is 38.4. The van der Waals surface area contributed by atoms with Gasteiger partial charge in [-0.2, -0.15) is 0 Å². The number of amides is 1. The number of sulfonamides is 1. The molecule has 2 heterocycles. The van der Waals surface area contributed by atoms with Gasteiger partial charge in [-0.3, -0.25) is 4.79 Å². The SMILES string of the molecule is CCOC(=O)c1c(-c2ccco2)csc1NC(=O)COC(=O)c1ccc(Cl)c(S(N)(=O)=O)c1. The zero-order chi connectivity index (χ0) is 24.2. The number of nitrogens with two attached hydrogens (primary N) is 1. The average Bonchev–Trinajstić information content (AvgIpc) is 3.41. The predicted octanol–water partition coefficient (Wildman–Crippen LogP) is 3.28. The van der Waals surface area contributed by atoms with Gasteiger partial charge in [-0.05, 0) is 37.3 Å². The van der Waals surface area contributed by atoms with E-state index in [4.69, 9.17) is 30.6 Å². The fourth-order valence-corrected chi connectivity index (χ4v) is 4.72. The van der Waals surface area contributed by atoms with E-state index < -0.39 is 39.4 Å². The quantitative estimate of drug-likeness (QED) is 0.435. The topological polar surface area (TPSA) is 155 Å². The van der Waals surface area contributed by atoms with Crippen molar-refractivity contribution in [1.82, 2.24) is 0 Å². The van der Waals surface area contributed by atoms with Gasteiger partial charge in [-0.25, -0.2) is 23.1 Å². The number of anilines is 1. The number of esters is 2. The molecule has 2 aromatic heterocycles. The monoisotopic (exact) mass is 512 g/mol. The van der Waals surface area contributed by atoms with Crippen LogP contribution in [0.15, 0.2) is 51.3 Å². The molecule has 0 saturated heterocycles. The molecule has 0 atom stereocenters. The highest BCUT2D eigenvalue weighted by atomic mass is 35.5. The fraction of sp³-hybridized carbons (Fsp3) is 0.150. The molecule has 0 spiro atoms. The highest BCUT2D eigenvalue weighted by molar-refractivity contribution is 7.89. The maximum absolute atomic E-state index is 12.5. The molecule has 0 fully saturated rings. The maximum atomic E-state index is 12.5. The summed E-state index contributed by atoms with van der Waals surface area (Å²) in [6.45, 7) is 1.06. The second-order valence-corrected chi connectivity index (χ2v) is 9.18. The average molecular weight is 513 g/mol. The number of nitrogens with one attached hydrogen (secondary N) is 1. The summed E-state index contributed by atoms with van der Waals surface area (Å²) in [5.74, 6) is -1.95. The van der Waals surface area contributed by atoms with E-state index in [0.29, 0.717) is 11.3 Å². The van der Waals surface area contributed by atoms with E-state index in [1.165, 1.54) is 18.4 Å². The molecule has 0 bridgehead atoms. The van der Waals surface area contributed by atoms with E-state index in [-0.39, 0.29) is 27.8 Å². The Kier molecular flexibility index (Phi) is 7.53. The van der Waals surface area contributed by atoms with Gasteiger partial charge in [0.1, 0.15) is 21.2 Å². The summed E-state index contributed by atoms with van der Waals surface area (Å²) in [7, 11) is -4.16. The Bertz CT molecular complexity index is 1300. The first-order chi connectivity index (χ1) is 15.6. The molecule has 1 aromatic carbocycles. The van der Waals surface area contributed by atoms with Crippen molar-refractivity contribution >= 4 is 55.8 Å². The number of carbonyl (C=O) groups excluding carboxylic acids is 3. The Hall–Kier alpha value is -3.19. The Balaban J connectivity index is 1.73. The molecule has 3 aromatic rings. The number of carbonyl (C=O) groups is 3. The van der Waals surface area contributed by atoms with E-state index >= 15 is 0 Å². The molecule has 13 heteroatoms. The first kappa shape index (κ1) is 24.5. The summed E-state index contributed by atoms with van der Waals surface area (Å²) in [4.78, 5) is 36.6. The highest BCUT2D eigenvalue weighted by Gasteiger charge is 2.24. The molecular weight excluding hydrogens is 496 g/mol. The molecule has 0 radical (unpaired) electrons. The van der Waals surface area contributed by atoms with Crippen LogP contribution in [0.25, 0.3) is 11.3 Å². The first-order valence-corrected chi connectivity index (χ1v) is 12.0. The van der Waals surface area contributed by atoms with E-state index in [1.54, 1.807) is 24.4 Å². The van der Waals surface area contributed by atoms with Crippen molar-refractivity contribution in [3.8, 4) is 11.3 Å². The molecule has 10 nitrogen and oxygen atoms in total. The van der Waals surface area contributed by atoms with Crippen LogP contribution in [0.5, 0.6) is 0 Å². The van der Waals surface area contributed by atoms with Crippen LogP contribution in [0.4, 0.5) is 5.00 Å². The molecule has 1 amide bonds. The van der Waals surface area contributed by atoms with Gasteiger partial charge in [0.2, 0.25) is 10.0 Å². The molecule has 0 saturated carbocycles. The number of primary sulfonamides is 1. The summed E-state index contributed by atoms with van der Waals surface area (Å²) in [5, 5.41) is 9.21. The van der Waals surface area contributed by atoms with E-state index in [2.05, 4.69) is 5.32 Å². The van der Waals surface area contributed by atoms with Crippen LogP contribution in [0.1, 0.15) is 27.6 Å². The molecule has 3 N–H and O–H groups in total. The summed E-state index contributed by atoms with van der Waals surface area (Å²) >= 11 is 6.85. The third kappa shape index (κ3) is 5.79. The second kappa shape index (κ2) is 10.2. The van der Waals surface area contributed by atoms with Crippen LogP contribution in [-0.2, 0) is 24.3 Å². The highest BCUT2D eigenvalue weighted by Crippen LogP contribution is 2.36. The Morgan fingerprint density at radius 2 is 1.94 bits per heavy atom. The summed E-state index contributed by atoms with van der Waals surface area (Å²) in [5.41, 5.74) is 0.374. The smallest absolute Gasteiger partial charge is 0.341 e. The van der Waals surface area contributed by atoms with Gasteiger partial charge in [-0.1, -0.05) is 11.6 Å². The third-order valence-electron chi connectivity index (χ3n) is 4.12. The summed E-state index contributed by atoms with van der Waals surface area (Å²) in [6.07, 6.45) is 1.44. The predicted molar refractivity (Wildman–Crippen MR) is 120 cm³/mol. The third-order valence-corrected chi connectivity index (χ3v) is 6.41. The largest absolute Gasteiger partial charge is 0.464 e. The van der Waals surface area contributed by atoms with Gasteiger partial charge in [0.15, 0.2) is 6.61 Å². The van der Waals surface area contributed by atoms with Crippen molar-refractivity contribution in [3.05, 3.63) is 58.1 Å². The standard InChI is InChI=1S/C20H17ClN2O8S2/c1-2-29-20(26)17-12(14-4-3-7-30-14)10-32-18(17)23-16(24)9-31-19(25)11-5-6-13(21)15(8-11)33(22,27)28/h3-8,10H,2,9H2,1H3,(H,23,24)(H2,22,27,28). The molecular formula is C20H17ClN2O8S2.